The minimum absolute atomic E-state index is 0.0758. The van der Waals surface area contributed by atoms with Crippen LogP contribution in [0.15, 0.2) is 42.5 Å². The number of halogens is 2. The summed E-state index contributed by atoms with van der Waals surface area (Å²) in [6.07, 6.45) is -0.174. The molecule has 0 aliphatic heterocycles. The number of non-ortho nitro benzene ring substituents is 1. The van der Waals surface area contributed by atoms with Gasteiger partial charge in [-0.25, -0.2) is 9.18 Å². The number of carbonyl (C=O) groups is 1. The Balaban J connectivity index is 2.00. The molecule has 1 amide bonds. The Morgan fingerprint density at radius 2 is 1.86 bits per heavy atom. The van der Waals surface area contributed by atoms with Crippen molar-refractivity contribution < 1.29 is 18.8 Å². The fraction of sp³-hybridized carbons (Fsp3) is 0.350. The molecule has 0 bridgehead atoms. The topological polar surface area (TPSA) is 72.7 Å². The molecule has 0 heterocycles. The van der Waals surface area contributed by atoms with Crippen molar-refractivity contribution >= 4 is 23.4 Å². The number of amides is 1. The molecule has 2 rings (SSSR count). The first-order valence-corrected chi connectivity index (χ1v) is 9.07. The molecular formula is C20H22ClFN2O4. The predicted octanol–water partition coefficient (Wildman–Crippen LogP) is 5.37. The first-order chi connectivity index (χ1) is 13.1. The van der Waals surface area contributed by atoms with Gasteiger partial charge < -0.3 is 4.74 Å². The second kappa shape index (κ2) is 9.01. The summed E-state index contributed by atoms with van der Waals surface area (Å²) in [6, 6.07) is 10.1. The number of ether oxygens (including phenoxy) is 1. The van der Waals surface area contributed by atoms with E-state index in [9.17, 15) is 19.3 Å². The molecule has 0 spiro atoms. The van der Waals surface area contributed by atoms with Crippen LogP contribution in [0.2, 0.25) is 5.02 Å². The van der Waals surface area contributed by atoms with E-state index in [1.165, 1.54) is 24.3 Å². The molecule has 0 saturated heterocycles. The molecule has 0 aliphatic carbocycles. The maximum atomic E-state index is 13.1. The molecule has 0 atom stereocenters. The van der Waals surface area contributed by atoms with Crippen molar-refractivity contribution in [2.45, 2.75) is 39.3 Å². The largest absolute Gasteiger partial charge is 0.449 e. The second-order valence-corrected chi connectivity index (χ2v) is 7.69. The first kappa shape index (κ1) is 21.6. The van der Waals surface area contributed by atoms with Gasteiger partial charge in [0.25, 0.3) is 5.69 Å². The summed E-state index contributed by atoms with van der Waals surface area (Å²) >= 11 is 6.06. The third-order valence-corrected chi connectivity index (χ3v) is 4.48. The van der Waals surface area contributed by atoms with Crippen molar-refractivity contribution in [2.75, 3.05) is 6.61 Å². The van der Waals surface area contributed by atoms with Gasteiger partial charge in [0.2, 0.25) is 0 Å². The van der Waals surface area contributed by atoms with Crippen molar-refractivity contribution in [3.63, 3.8) is 0 Å². The zero-order valence-electron chi connectivity index (χ0n) is 15.9. The van der Waals surface area contributed by atoms with Gasteiger partial charge in [0.05, 0.1) is 16.6 Å². The van der Waals surface area contributed by atoms with Crippen molar-refractivity contribution in [1.82, 2.24) is 4.90 Å². The van der Waals surface area contributed by atoms with Gasteiger partial charge in [-0.2, -0.15) is 0 Å². The zero-order valence-corrected chi connectivity index (χ0v) is 16.7. The zero-order chi connectivity index (χ0) is 20.9. The van der Waals surface area contributed by atoms with E-state index < -0.39 is 16.6 Å². The minimum Gasteiger partial charge on any atom is -0.449 e. The summed E-state index contributed by atoms with van der Waals surface area (Å²) in [5.41, 5.74) is 0.841. The Hall–Kier alpha value is -2.67. The molecule has 2 aromatic carbocycles. The van der Waals surface area contributed by atoms with Crippen molar-refractivity contribution in [2.24, 2.45) is 0 Å². The number of nitro benzene ring substituents is 1. The molecule has 0 N–H and O–H groups in total. The fourth-order valence-electron chi connectivity index (χ4n) is 2.53. The maximum Gasteiger partial charge on any atom is 0.410 e. The van der Waals surface area contributed by atoms with Crippen LogP contribution in [-0.2, 0) is 17.7 Å². The normalized spacial score (nSPS) is 11.2. The highest BCUT2D eigenvalue weighted by molar-refractivity contribution is 6.31. The smallest absolute Gasteiger partial charge is 0.410 e. The van der Waals surface area contributed by atoms with Crippen LogP contribution in [-0.4, -0.2) is 28.1 Å². The Kier molecular flexibility index (Phi) is 6.96. The van der Waals surface area contributed by atoms with Gasteiger partial charge in [0, 0.05) is 30.6 Å². The van der Waals surface area contributed by atoms with E-state index in [1.54, 1.807) is 23.1 Å². The summed E-state index contributed by atoms with van der Waals surface area (Å²) in [5.74, 6) is -0.339. The van der Waals surface area contributed by atoms with Crippen LogP contribution in [0.4, 0.5) is 14.9 Å². The van der Waals surface area contributed by atoms with E-state index in [4.69, 9.17) is 16.3 Å². The van der Waals surface area contributed by atoms with Gasteiger partial charge in [-0.05, 0) is 44.0 Å². The molecule has 0 saturated carbocycles. The molecule has 2 aromatic rings. The van der Waals surface area contributed by atoms with Crippen LogP contribution in [0.3, 0.4) is 0 Å². The lowest BCUT2D eigenvalue weighted by molar-refractivity contribution is -0.384. The Bertz CT molecular complexity index is 850. The summed E-state index contributed by atoms with van der Waals surface area (Å²) in [4.78, 5) is 24.4. The van der Waals surface area contributed by atoms with Gasteiger partial charge >= 0.3 is 6.09 Å². The van der Waals surface area contributed by atoms with E-state index >= 15 is 0 Å². The molecule has 0 aliphatic rings. The maximum absolute atomic E-state index is 13.1. The van der Waals surface area contributed by atoms with E-state index in [0.29, 0.717) is 12.0 Å². The molecule has 0 fully saturated rings. The molecule has 28 heavy (non-hydrogen) atoms. The van der Waals surface area contributed by atoms with E-state index in [0.717, 1.165) is 5.56 Å². The standard InChI is InChI=1S/C20H22ClFN2O4/c1-20(2,3)23(13-14-4-7-16(22)8-5-14)19(25)28-11-10-15-6-9-17(24(26)27)12-18(15)21/h4-9,12H,10-11,13H2,1-3H3. The molecule has 150 valence electrons. The summed E-state index contributed by atoms with van der Waals surface area (Å²) in [5, 5.41) is 11.0. The van der Waals surface area contributed by atoms with Gasteiger partial charge in [-0.1, -0.05) is 29.8 Å². The molecule has 0 aromatic heterocycles. The Morgan fingerprint density at radius 3 is 2.39 bits per heavy atom. The van der Waals surface area contributed by atoms with Gasteiger partial charge in [-0.3, -0.25) is 15.0 Å². The fourth-order valence-corrected chi connectivity index (χ4v) is 2.80. The van der Waals surface area contributed by atoms with E-state index in [1.807, 2.05) is 20.8 Å². The number of nitro groups is 1. The molecule has 0 unspecified atom stereocenters. The van der Waals surface area contributed by atoms with Gasteiger partial charge in [-0.15, -0.1) is 0 Å². The lowest BCUT2D eigenvalue weighted by Gasteiger charge is -2.34. The molecule has 0 radical (unpaired) electrons. The number of carbonyl (C=O) groups excluding carboxylic acids is 1. The summed E-state index contributed by atoms with van der Waals surface area (Å²) < 4.78 is 18.5. The molecule has 6 nitrogen and oxygen atoms in total. The van der Waals surface area contributed by atoms with Crippen LogP contribution < -0.4 is 0 Å². The minimum atomic E-state index is -0.521. The summed E-state index contributed by atoms with van der Waals surface area (Å²) in [6.45, 7) is 5.99. The third kappa shape index (κ3) is 5.92. The average Bonchev–Trinajstić information content (AvgIpc) is 2.61. The van der Waals surface area contributed by atoms with Crippen LogP contribution in [0.5, 0.6) is 0 Å². The highest BCUT2D eigenvalue weighted by Gasteiger charge is 2.28. The van der Waals surface area contributed by atoms with Crippen molar-refractivity contribution in [3.8, 4) is 0 Å². The third-order valence-electron chi connectivity index (χ3n) is 4.13. The number of hydrogen-bond donors (Lipinski definition) is 0. The monoisotopic (exact) mass is 408 g/mol. The molecular weight excluding hydrogens is 387 g/mol. The number of benzene rings is 2. The Morgan fingerprint density at radius 1 is 1.21 bits per heavy atom. The van der Waals surface area contributed by atoms with Crippen LogP contribution in [0, 0.1) is 15.9 Å². The quantitative estimate of drug-likeness (QED) is 0.476. The van der Waals surface area contributed by atoms with E-state index in [-0.39, 0.29) is 29.7 Å². The van der Waals surface area contributed by atoms with Crippen LogP contribution in [0.1, 0.15) is 31.9 Å². The SMILES string of the molecule is CC(C)(C)N(Cc1ccc(F)cc1)C(=O)OCCc1ccc([N+](=O)[O-])cc1Cl. The first-order valence-electron chi connectivity index (χ1n) is 8.69. The highest BCUT2D eigenvalue weighted by Crippen LogP contribution is 2.23. The van der Waals surface area contributed by atoms with E-state index in [2.05, 4.69) is 0 Å². The summed E-state index contributed by atoms with van der Waals surface area (Å²) in [7, 11) is 0. The average molecular weight is 409 g/mol. The van der Waals surface area contributed by atoms with Crippen LogP contribution >= 0.6 is 11.6 Å². The number of rotatable bonds is 6. The van der Waals surface area contributed by atoms with Crippen molar-refractivity contribution in [1.29, 1.82) is 0 Å². The molecule has 8 heteroatoms. The second-order valence-electron chi connectivity index (χ2n) is 7.28. The lowest BCUT2D eigenvalue weighted by atomic mass is 10.1. The van der Waals surface area contributed by atoms with Crippen LogP contribution in [0.25, 0.3) is 0 Å². The van der Waals surface area contributed by atoms with Gasteiger partial charge in [0.1, 0.15) is 5.82 Å². The highest BCUT2D eigenvalue weighted by atomic mass is 35.5. The number of hydrogen-bond acceptors (Lipinski definition) is 4. The van der Waals surface area contributed by atoms with Gasteiger partial charge in [0.15, 0.2) is 0 Å². The number of nitrogens with zero attached hydrogens (tertiary/aromatic N) is 2. The predicted molar refractivity (Wildman–Crippen MR) is 105 cm³/mol. The van der Waals surface area contributed by atoms with Crippen molar-refractivity contribution in [3.05, 3.63) is 74.5 Å². The lowest BCUT2D eigenvalue weighted by Crippen LogP contribution is -2.45. The Labute approximate surface area is 168 Å².